The molecule has 0 saturated carbocycles. The summed E-state index contributed by atoms with van der Waals surface area (Å²) in [4.78, 5) is 16.8. The number of nitrogens with zero attached hydrogens (tertiary/aromatic N) is 2. The number of benzene rings is 2. The Morgan fingerprint density at radius 2 is 1.60 bits per heavy atom. The van der Waals surface area contributed by atoms with Gasteiger partial charge in [-0.15, -0.1) is 0 Å². The smallest absolute Gasteiger partial charge is 0.224 e. The number of amides is 1. The second kappa shape index (κ2) is 8.79. The van der Waals surface area contributed by atoms with Gasteiger partial charge in [-0.2, -0.15) is 0 Å². The van der Waals surface area contributed by atoms with Crippen LogP contribution in [0.25, 0.3) is 0 Å². The number of rotatable bonds is 6. The van der Waals surface area contributed by atoms with E-state index < -0.39 is 0 Å². The molecule has 0 bridgehead atoms. The molecule has 4 heteroatoms. The zero-order valence-electron chi connectivity index (χ0n) is 14.6. The van der Waals surface area contributed by atoms with Crippen LogP contribution in [0.5, 0.6) is 0 Å². The highest BCUT2D eigenvalue weighted by atomic mass is 16.3. The normalized spacial score (nSPS) is 17.3. The fraction of sp³-hybridized carbons (Fsp3) is 0.381. The minimum atomic E-state index is -0.247. The molecular formula is C21H26N2O2. The lowest BCUT2D eigenvalue weighted by molar-refractivity contribution is -0.133. The molecule has 1 unspecified atom stereocenters. The van der Waals surface area contributed by atoms with E-state index in [1.54, 1.807) is 0 Å². The standard InChI is InChI=1S/C21H26N2O2/c24-17-20(19-9-5-2-6-10-19)23-16-15-22(14-12-21(23)25)13-11-18-7-3-1-4-8-18/h1-10,20,24H,11-17H2. The Morgan fingerprint density at radius 3 is 2.28 bits per heavy atom. The van der Waals surface area contributed by atoms with Crippen LogP contribution in [0, 0.1) is 0 Å². The summed E-state index contributed by atoms with van der Waals surface area (Å²) in [6.45, 7) is 3.21. The lowest BCUT2D eigenvalue weighted by Gasteiger charge is -2.30. The summed E-state index contributed by atoms with van der Waals surface area (Å²) in [5.74, 6) is 0.130. The molecule has 0 spiro atoms. The van der Waals surface area contributed by atoms with Crippen molar-refractivity contribution in [2.75, 3.05) is 32.8 Å². The van der Waals surface area contributed by atoms with Crippen LogP contribution < -0.4 is 0 Å². The monoisotopic (exact) mass is 338 g/mol. The summed E-state index contributed by atoms with van der Waals surface area (Å²) < 4.78 is 0. The molecule has 1 amide bonds. The summed E-state index contributed by atoms with van der Waals surface area (Å²) in [5, 5.41) is 9.85. The van der Waals surface area contributed by atoms with Crippen molar-refractivity contribution >= 4 is 5.91 Å². The van der Waals surface area contributed by atoms with E-state index in [1.165, 1.54) is 5.56 Å². The summed E-state index contributed by atoms with van der Waals surface area (Å²) in [7, 11) is 0. The van der Waals surface area contributed by atoms with Crippen molar-refractivity contribution in [2.24, 2.45) is 0 Å². The van der Waals surface area contributed by atoms with Crippen molar-refractivity contribution in [3.05, 3.63) is 71.8 Å². The first-order chi connectivity index (χ1) is 12.3. The summed E-state index contributed by atoms with van der Waals surface area (Å²) in [6.07, 6.45) is 1.51. The quantitative estimate of drug-likeness (QED) is 0.880. The van der Waals surface area contributed by atoms with Gasteiger partial charge in [0.25, 0.3) is 0 Å². The second-order valence-electron chi connectivity index (χ2n) is 6.52. The molecule has 1 fully saturated rings. The largest absolute Gasteiger partial charge is 0.394 e. The van der Waals surface area contributed by atoms with Gasteiger partial charge >= 0.3 is 0 Å². The van der Waals surface area contributed by atoms with Gasteiger partial charge < -0.3 is 14.9 Å². The molecule has 1 N–H and O–H groups in total. The number of carbonyl (C=O) groups is 1. The van der Waals surface area contributed by atoms with Gasteiger partial charge in [0.15, 0.2) is 0 Å². The minimum Gasteiger partial charge on any atom is -0.394 e. The van der Waals surface area contributed by atoms with E-state index in [1.807, 2.05) is 41.3 Å². The van der Waals surface area contributed by atoms with E-state index in [0.29, 0.717) is 13.0 Å². The number of aliphatic hydroxyl groups is 1. The maximum absolute atomic E-state index is 12.6. The van der Waals surface area contributed by atoms with E-state index in [2.05, 4.69) is 29.2 Å². The topological polar surface area (TPSA) is 43.8 Å². The Labute approximate surface area is 149 Å². The van der Waals surface area contributed by atoms with Gasteiger partial charge in [-0.25, -0.2) is 0 Å². The predicted octanol–water partition coefficient (Wildman–Crippen LogP) is 2.50. The van der Waals surface area contributed by atoms with Gasteiger partial charge in [-0.1, -0.05) is 60.7 Å². The lowest BCUT2D eigenvalue weighted by atomic mass is 10.1. The maximum Gasteiger partial charge on any atom is 0.224 e. The molecule has 2 aromatic carbocycles. The van der Waals surface area contributed by atoms with Crippen LogP contribution in [0.4, 0.5) is 0 Å². The van der Waals surface area contributed by atoms with Crippen molar-refractivity contribution in [1.82, 2.24) is 9.80 Å². The van der Waals surface area contributed by atoms with E-state index in [-0.39, 0.29) is 18.6 Å². The van der Waals surface area contributed by atoms with Crippen molar-refractivity contribution < 1.29 is 9.90 Å². The van der Waals surface area contributed by atoms with E-state index in [4.69, 9.17) is 0 Å². The van der Waals surface area contributed by atoms with Crippen molar-refractivity contribution in [2.45, 2.75) is 18.9 Å². The zero-order valence-corrected chi connectivity index (χ0v) is 14.6. The van der Waals surface area contributed by atoms with Gasteiger partial charge in [-0.05, 0) is 17.5 Å². The Morgan fingerprint density at radius 1 is 0.920 bits per heavy atom. The van der Waals surface area contributed by atoms with Gasteiger partial charge in [0.1, 0.15) is 0 Å². The molecular weight excluding hydrogens is 312 g/mol. The van der Waals surface area contributed by atoms with Crippen molar-refractivity contribution in [3.8, 4) is 0 Å². The predicted molar refractivity (Wildman–Crippen MR) is 99.2 cm³/mol. The third kappa shape index (κ3) is 4.68. The summed E-state index contributed by atoms with van der Waals surface area (Å²) >= 11 is 0. The fourth-order valence-corrected chi connectivity index (χ4v) is 3.43. The van der Waals surface area contributed by atoms with Crippen molar-refractivity contribution in [3.63, 3.8) is 0 Å². The Balaban J connectivity index is 1.61. The molecule has 2 aromatic rings. The van der Waals surface area contributed by atoms with Gasteiger partial charge in [0, 0.05) is 32.6 Å². The number of hydrogen-bond acceptors (Lipinski definition) is 3. The van der Waals surface area contributed by atoms with Gasteiger partial charge in [0.05, 0.1) is 12.6 Å². The molecule has 0 aliphatic carbocycles. The molecule has 132 valence electrons. The minimum absolute atomic E-state index is 0.0419. The Kier molecular flexibility index (Phi) is 6.20. The molecule has 4 nitrogen and oxygen atoms in total. The summed E-state index contributed by atoms with van der Waals surface area (Å²) in [5.41, 5.74) is 2.32. The molecule has 1 aliphatic rings. The summed E-state index contributed by atoms with van der Waals surface area (Å²) in [6, 6.07) is 20.0. The average molecular weight is 338 g/mol. The van der Waals surface area contributed by atoms with Crippen LogP contribution in [0.15, 0.2) is 60.7 Å². The number of carbonyl (C=O) groups excluding carboxylic acids is 1. The molecule has 0 radical (unpaired) electrons. The highest BCUT2D eigenvalue weighted by Gasteiger charge is 2.27. The van der Waals surface area contributed by atoms with Crippen LogP contribution in [0.2, 0.25) is 0 Å². The molecule has 3 rings (SSSR count). The molecule has 1 heterocycles. The van der Waals surface area contributed by atoms with Gasteiger partial charge in [-0.3, -0.25) is 4.79 Å². The first-order valence-corrected chi connectivity index (χ1v) is 8.99. The number of aliphatic hydroxyl groups excluding tert-OH is 1. The van der Waals surface area contributed by atoms with Crippen LogP contribution >= 0.6 is 0 Å². The third-order valence-corrected chi connectivity index (χ3v) is 4.91. The third-order valence-electron chi connectivity index (χ3n) is 4.91. The molecule has 0 aromatic heterocycles. The molecule has 1 saturated heterocycles. The highest BCUT2D eigenvalue weighted by Crippen LogP contribution is 2.22. The average Bonchev–Trinajstić information content (AvgIpc) is 2.85. The zero-order chi connectivity index (χ0) is 17.5. The maximum atomic E-state index is 12.6. The fourth-order valence-electron chi connectivity index (χ4n) is 3.43. The SMILES string of the molecule is O=C1CCN(CCc2ccccc2)CCN1C(CO)c1ccccc1. The van der Waals surface area contributed by atoms with Gasteiger partial charge in [0.2, 0.25) is 5.91 Å². The van der Waals surface area contributed by atoms with Crippen LogP contribution in [-0.2, 0) is 11.2 Å². The first-order valence-electron chi connectivity index (χ1n) is 8.99. The Hall–Kier alpha value is -2.17. The number of hydrogen-bond donors (Lipinski definition) is 1. The Bertz CT molecular complexity index is 660. The first kappa shape index (κ1) is 17.6. The van der Waals surface area contributed by atoms with E-state index >= 15 is 0 Å². The van der Waals surface area contributed by atoms with Crippen LogP contribution in [-0.4, -0.2) is 53.6 Å². The van der Waals surface area contributed by atoms with Crippen LogP contribution in [0.1, 0.15) is 23.6 Å². The molecule has 1 aliphatic heterocycles. The highest BCUT2D eigenvalue weighted by molar-refractivity contribution is 5.77. The van der Waals surface area contributed by atoms with Crippen molar-refractivity contribution in [1.29, 1.82) is 0 Å². The molecule has 25 heavy (non-hydrogen) atoms. The van der Waals surface area contributed by atoms with Crippen LogP contribution in [0.3, 0.4) is 0 Å². The molecule has 1 atom stereocenters. The lowest BCUT2D eigenvalue weighted by Crippen LogP contribution is -2.38. The second-order valence-corrected chi connectivity index (χ2v) is 6.52. The van der Waals surface area contributed by atoms with E-state index in [9.17, 15) is 9.90 Å². The van der Waals surface area contributed by atoms with E-state index in [0.717, 1.165) is 31.6 Å².